The number of rotatable bonds is 3. The molecule has 2 heteroatoms. The Morgan fingerprint density at radius 1 is 0.320 bits per heavy atom. The Hall–Kier alpha value is -6.64. The van der Waals surface area contributed by atoms with Gasteiger partial charge in [-0.15, -0.1) is 0 Å². The minimum atomic E-state index is 0.913. The summed E-state index contributed by atoms with van der Waals surface area (Å²) < 4.78 is 8.63. The van der Waals surface area contributed by atoms with Crippen LogP contribution in [0.15, 0.2) is 180 Å². The van der Waals surface area contributed by atoms with Crippen LogP contribution in [-0.4, -0.2) is 4.57 Å². The van der Waals surface area contributed by atoms with Gasteiger partial charge >= 0.3 is 0 Å². The molecule has 0 N–H and O–H groups in total. The van der Waals surface area contributed by atoms with Crippen LogP contribution in [0.5, 0.6) is 0 Å². The van der Waals surface area contributed by atoms with E-state index in [4.69, 9.17) is 4.42 Å². The van der Waals surface area contributed by atoms with E-state index in [1.165, 1.54) is 76.4 Å². The van der Waals surface area contributed by atoms with Gasteiger partial charge in [-0.05, 0) is 109 Å². The Bertz CT molecular complexity index is 3090. The van der Waals surface area contributed by atoms with Gasteiger partial charge in [0.2, 0.25) is 0 Å². The minimum Gasteiger partial charge on any atom is -0.456 e. The summed E-state index contributed by atoms with van der Waals surface area (Å²) in [5.41, 5.74) is 10.3. The van der Waals surface area contributed by atoms with Crippen LogP contribution in [0, 0.1) is 0 Å². The molecule has 0 unspecified atom stereocenters. The zero-order valence-corrected chi connectivity index (χ0v) is 27.1. The molecule has 11 aromatic rings. The molecule has 11 rings (SSSR count). The third-order valence-corrected chi connectivity index (χ3v) is 10.5. The molecule has 0 aliphatic heterocycles. The van der Waals surface area contributed by atoms with Gasteiger partial charge in [0.1, 0.15) is 11.2 Å². The maximum atomic E-state index is 6.21. The first kappa shape index (κ1) is 27.3. The van der Waals surface area contributed by atoms with Crippen molar-refractivity contribution in [2.75, 3.05) is 0 Å². The first-order valence-electron chi connectivity index (χ1n) is 17.2. The van der Waals surface area contributed by atoms with E-state index in [-0.39, 0.29) is 0 Å². The highest BCUT2D eigenvalue weighted by molar-refractivity contribution is 6.23. The smallest absolute Gasteiger partial charge is 0.135 e. The SMILES string of the molecule is c1ccc(-n2c3ccc(-c4c5ccccc5c(-c5ccc6oc7ccccc7c6c5)c5ccccc45)cc3c3cc4ccccc4cc32)cc1. The summed E-state index contributed by atoms with van der Waals surface area (Å²) in [5, 5.41) is 12.3. The quantitative estimate of drug-likeness (QED) is 0.177. The fourth-order valence-electron chi connectivity index (χ4n) is 8.35. The number of nitrogens with zero attached hydrogens (tertiary/aromatic N) is 1. The summed E-state index contributed by atoms with van der Waals surface area (Å²) >= 11 is 0. The summed E-state index contributed by atoms with van der Waals surface area (Å²) in [4.78, 5) is 0. The largest absolute Gasteiger partial charge is 0.456 e. The number of aromatic nitrogens is 1. The molecule has 0 aliphatic carbocycles. The Morgan fingerprint density at radius 3 is 1.50 bits per heavy atom. The second kappa shape index (κ2) is 10.4. The summed E-state index contributed by atoms with van der Waals surface area (Å²) in [7, 11) is 0. The van der Waals surface area contributed by atoms with Crippen molar-refractivity contribution < 1.29 is 4.42 Å². The van der Waals surface area contributed by atoms with E-state index >= 15 is 0 Å². The second-order valence-electron chi connectivity index (χ2n) is 13.3. The lowest BCUT2D eigenvalue weighted by Crippen LogP contribution is -1.93. The van der Waals surface area contributed by atoms with Crippen LogP contribution in [0.1, 0.15) is 0 Å². The van der Waals surface area contributed by atoms with Crippen molar-refractivity contribution in [2.24, 2.45) is 0 Å². The number of fused-ring (bicyclic) bond motifs is 9. The van der Waals surface area contributed by atoms with Gasteiger partial charge in [0.05, 0.1) is 11.0 Å². The van der Waals surface area contributed by atoms with E-state index in [0.29, 0.717) is 0 Å². The van der Waals surface area contributed by atoms with Gasteiger partial charge in [-0.25, -0.2) is 0 Å². The molecule has 50 heavy (non-hydrogen) atoms. The molecule has 0 amide bonds. The Labute approximate surface area is 288 Å². The second-order valence-corrected chi connectivity index (χ2v) is 13.3. The molecule has 0 atom stereocenters. The van der Waals surface area contributed by atoms with Crippen molar-refractivity contribution >= 4 is 76.1 Å². The summed E-state index contributed by atoms with van der Waals surface area (Å²) in [5.74, 6) is 0. The molecule has 0 saturated carbocycles. The van der Waals surface area contributed by atoms with E-state index in [1.54, 1.807) is 0 Å². The predicted molar refractivity (Wildman–Crippen MR) is 211 cm³/mol. The average Bonchev–Trinajstić information content (AvgIpc) is 3.70. The molecule has 232 valence electrons. The molecule has 2 heterocycles. The average molecular weight is 636 g/mol. The lowest BCUT2D eigenvalue weighted by atomic mass is 9.85. The predicted octanol–water partition coefficient (Wildman–Crippen LogP) is 13.5. The monoisotopic (exact) mass is 635 g/mol. The maximum absolute atomic E-state index is 6.21. The van der Waals surface area contributed by atoms with Crippen molar-refractivity contribution in [1.29, 1.82) is 0 Å². The fraction of sp³-hybridized carbons (Fsp3) is 0. The van der Waals surface area contributed by atoms with Crippen LogP contribution in [-0.2, 0) is 0 Å². The normalized spacial score (nSPS) is 12.0. The molecule has 9 aromatic carbocycles. The summed E-state index contributed by atoms with van der Waals surface area (Å²) in [6.07, 6.45) is 0. The van der Waals surface area contributed by atoms with Gasteiger partial charge in [-0.2, -0.15) is 0 Å². The molecule has 2 aromatic heterocycles. The highest BCUT2D eigenvalue weighted by Crippen LogP contribution is 2.46. The van der Waals surface area contributed by atoms with Crippen LogP contribution in [0.4, 0.5) is 0 Å². The van der Waals surface area contributed by atoms with Gasteiger partial charge < -0.3 is 8.98 Å². The number of para-hydroxylation sites is 2. The van der Waals surface area contributed by atoms with Crippen molar-refractivity contribution in [3.8, 4) is 27.9 Å². The lowest BCUT2D eigenvalue weighted by molar-refractivity contribution is 0.669. The molecule has 0 aliphatic rings. The molecular formula is C48H29NO. The first-order chi connectivity index (χ1) is 24.8. The summed E-state index contributed by atoms with van der Waals surface area (Å²) in [6, 6.07) is 63.9. The summed E-state index contributed by atoms with van der Waals surface area (Å²) in [6.45, 7) is 0. The van der Waals surface area contributed by atoms with Crippen molar-refractivity contribution in [2.45, 2.75) is 0 Å². The van der Waals surface area contributed by atoms with E-state index < -0.39 is 0 Å². The van der Waals surface area contributed by atoms with Crippen LogP contribution in [0.3, 0.4) is 0 Å². The Balaban J connectivity index is 1.22. The highest BCUT2D eigenvalue weighted by atomic mass is 16.3. The maximum Gasteiger partial charge on any atom is 0.135 e. The third kappa shape index (κ3) is 3.90. The molecule has 0 bridgehead atoms. The Morgan fingerprint density at radius 2 is 0.820 bits per heavy atom. The van der Waals surface area contributed by atoms with E-state index in [9.17, 15) is 0 Å². The molecule has 0 radical (unpaired) electrons. The molecule has 0 fully saturated rings. The zero-order chi connectivity index (χ0) is 32.8. The van der Waals surface area contributed by atoms with Crippen LogP contribution in [0.2, 0.25) is 0 Å². The van der Waals surface area contributed by atoms with Gasteiger partial charge in [0.15, 0.2) is 0 Å². The number of hydrogen-bond acceptors (Lipinski definition) is 1. The van der Waals surface area contributed by atoms with Crippen LogP contribution >= 0.6 is 0 Å². The highest BCUT2D eigenvalue weighted by Gasteiger charge is 2.20. The fourth-order valence-corrected chi connectivity index (χ4v) is 8.35. The van der Waals surface area contributed by atoms with E-state index in [2.05, 4.69) is 168 Å². The molecule has 2 nitrogen and oxygen atoms in total. The molecular weight excluding hydrogens is 607 g/mol. The first-order valence-corrected chi connectivity index (χ1v) is 17.2. The van der Waals surface area contributed by atoms with Crippen molar-refractivity contribution in [3.63, 3.8) is 0 Å². The topological polar surface area (TPSA) is 18.1 Å². The van der Waals surface area contributed by atoms with Gasteiger partial charge in [-0.3, -0.25) is 0 Å². The Kier molecular flexibility index (Phi) is 5.70. The minimum absolute atomic E-state index is 0.913. The van der Waals surface area contributed by atoms with E-state index in [1.807, 2.05) is 12.1 Å². The van der Waals surface area contributed by atoms with Crippen molar-refractivity contribution in [3.05, 3.63) is 176 Å². The third-order valence-electron chi connectivity index (χ3n) is 10.5. The van der Waals surface area contributed by atoms with Gasteiger partial charge in [-0.1, -0.05) is 121 Å². The standard InChI is InChI=1S/C48H29NO/c1-2-14-34(15-3-1)49-43-24-22-32(27-40(43)41-26-30-12-4-5-13-31(30)29-44(41)49)47-36-17-6-8-19-38(36)48(39-20-9-7-18-37(39)47)33-23-25-46-42(28-33)35-16-10-11-21-45(35)50-46/h1-29H. The number of benzene rings is 9. The van der Waals surface area contributed by atoms with E-state index in [0.717, 1.165) is 27.6 Å². The number of furan rings is 1. The molecule has 0 saturated heterocycles. The van der Waals surface area contributed by atoms with Gasteiger partial charge in [0, 0.05) is 27.2 Å². The van der Waals surface area contributed by atoms with Crippen molar-refractivity contribution in [1.82, 2.24) is 4.57 Å². The number of hydrogen-bond donors (Lipinski definition) is 0. The zero-order valence-electron chi connectivity index (χ0n) is 27.1. The van der Waals surface area contributed by atoms with Crippen LogP contribution < -0.4 is 0 Å². The van der Waals surface area contributed by atoms with Gasteiger partial charge in [0.25, 0.3) is 0 Å². The lowest BCUT2D eigenvalue weighted by Gasteiger charge is -2.18. The van der Waals surface area contributed by atoms with Crippen LogP contribution in [0.25, 0.3) is 104 Å². The molecule has 0 spiro atoms.